The van der Waals surface area contributed by atoms with E-state index in [-0.39, 0.29) is 30.7 Å². The second-order valence-corrected chi connectivity index (χ2v) is 4.14. The van der Waals surface area contributed by atoms with Gasteiger partial charge in [0.15, 0.2) is 0 Å². The molecule has 0 aromatic heterocycles. The van der Waals surface area contributed by atoms with E-state index in [2.05, 4.69) is 0 Å². The summed E-state index contributed by atoms with van der Waals surface area (Å²) in [5, 5.41) is 9.07. The summed E-state index contributed by atoms with van der Waals surface area (Å²) in [7, 11) is 0. The molecule has 3 N–H and O–H groups in total. The Balaban J connectivity index is 0.00000144. The fourth-order valence-electron chi connectivity index (χ4n) is 2.14. The van der Waals surface area contributed by atoms with Crippen molar-refractivity contribution in [2.24, 2.45) is 11.7 Å². The number of rotatable bonds is 4. The van der Waals surface area contributed by atoms with Crippen molar-refractivity contribution in [2.45, 2.75) is 12.8 Å². The average molecular weight is 262 g/mol. The Kier molecular flexibility index (Phi) is 5.18. The molecule has 0 heterocycles. The maximum atomic E-state index is 13.7. The summed E-state index contributed by atoms with van der Waals surface area (Å²) in [6.07, 6.45) is 1.34. The van der Waals surface area contributed by atoms with Gasteiger partial charge in [0.25, 0.3) is 0 Å². The molecule has 0 saturated carbocycles. The number of ether oxygens (including phenoxy) is 1. The van der Waals surface area contributed by atoms with E-state index in [4.69, 9.17) is 15.6 Å². The van der Waals surface area contributed by atoms with Crippen LogP contribution in [0.4, 0.5) is 4.39 Å². The first-order valence-corrected chi connectivity index (χ1v) is 5.49. The third-order valence-corrected chi connectivity index (χ3v) is 2.91. The molecule has 96 valence electrons. The molecule has 0 aliphatic heterocycles. The van der Waals surface area contributed by atoms with E-state index in [1.807, 2.05) is 6.07 Å². The summed E-state index contributed by atoms with van der Waals surface area (Å²) in [6.45, 7) is 0.909. The molecule has 0 radical (unpaired) electrons. The number of halogens is 2. The van der Waals surface area contributed by atoms with Crippen LogP contribution in [0.1, 0.15) is 11.1 Å². The first-order chi connectivity index (χ1) is 7.74. The summed E-state index contributed by atoms with van der Waals surface area (Å²) in [5.41, 5.74) is 6.99. The molecule has 0 fully saturated rings. The number of hydrogen-bond acceptors (Lipinski definition) is 3. The topological polar surface area (TPSA) is 55.5 Å². The molecule has 1 aromatic rings. The van der Waals surface area contributed by atoms with Crippen LogP contribution in [-0.4, -0.2) is 24.9 Å². The van der Waals surface area contributed by atoms with Crippen molar-refractivity contribution in [3.63, 3.8) is 0 Å². The van der Waals surface area contributed by atoms with Gasteiger partial charge in [-0.05, 0) is 36.0 Å². The van der Waals surface area contributed by atoms with E-state index in [0.717, 1.165) is 17.5 Å². The van der Waals surface area contributed by atoms with E-state index in [1.54, 1.807) is 0 Å². The molecule has 1 aliphatic carbocycles. The molecular formula is C12H17ClFNO2. The highest BCUT2D eigenvalue weighted by Crippen LogP contribution is 2.32. The van der Waals surface area contributed by atoms with Crippen molar-refractivity contribution in [3.05, 3.63) is 29.1 Å². The molecule has 0 saturated heterocycles. The van der Waals surface area contributed by atoms with Gasteiger partial charge in [0.1, 0.15) is 18.2 Å². The Morgan fingerprint density at radius 1 is 1.41 bits per heavy atom. The second kappa shape index (κ2) is 6.19. The minimum atomic E-state index is -0.236. The maximum Gasteiger partial charge on any atom is 0.130 e. The molecule has 0 bridgehead atoms. The largest absolute Gasteiger partial charge is 0.492 e. The zero-order valence-corrected chi connectivity index (χ0v) is 10.3. The lowest BCUT2D eigenvalue weighted by Gasteiger charge is -2.07. The molecule has 5 heteroatoms. The van der Waals surface area contributed by atoms with Gasteiger partial charge in [-0.3, -0.25) is 0 Å². The van der Waals surface area contributed by atoms with Gasteiger partial charge in [-0.2, -0.15) is 0 Å². The minimum Gasteiger partial charge on any atom is -0.492 e. The summed E-state index contributed by atoms with van der Waals surface area (Å²) in [5.74, 6) is 0.440. The van der Waals surface area contributed by atoms with Crippen LogP contribution < -0.4 is 10.5 Å². The van der Waals surface area contributed by atoms with Crippen LogP contribution in [-0.2, 0) is 12.8 Å². The van der Waals surface area contributed by atoms with Crippen molar-refractivity contribution in [3.8, 4) is 5.75 Å². The highest BCUT2D eigenvalue weighted by Gasteiger charge is 2.24. The van der Waals surface area contributed by atoms with Crippen LogP contribution in [0.25, 0.3) is 0 Å². The number of benzene rings is 1. The molecule has 0 spiro atoms. The summed E-state index contributed by atoms with van der Waals surface area (Å²) >= 11 is 0. The normalized spacial score (nSPS) is 17.5. The SMILES string of the molecule is Cl.NCCOc1cc(F)c2c(c1)CC(CO)C2. The molecule has 3 nitrogen and oxygen atoms in total. The Morgan fingerprint density at radius 3 is 2.82 bits per heavy atom. The van der Waals surface area contributed by atoms with Crippen LogP contribution in [0.2, 0.25) is 0 Å². The number of aliphatic hydroxyl groups is 1. The second-order valence-electron chi connectivity index (χ2n) is 4.14. The van der Waals surface area contributed by atoms with Crippen LogP contribution in [0.3, 0.4) is 0 Å². The Hall–Kier alpha value is -0.840. The van der Waals surface area contributed by atoms with Gasteiger partial charge in [0.05, 0.1) is 0 Å². The van der Waals surface area contributed by atoms with Crippen LogP contribution in [0, 0.1) is 11.7 Å². The average Bonchev–Trinajstić information content (AvgIpc) is 2.70. The molecule has 1 aliphatic rings. The van der Waals surface area contributed by atoms with E-state index in [9.17, 15) is 4.39 Å². The lowest BCUT2D eigenvalue weighted by Crippen LogP contribution is -2.10. The van der Waals surface area contributed by atoms with E-state index in [0.29, 0.717) is 25.3 Å². The van der Waals surface area contributed by atoms with Crippen molar-refractivity contribution in [1.82, 2.24) is 0 Å². The highest BCUT2D eigenvalue weighted by molar-refractivity contribution is 5.85. The van der Waals surface area contributed by atoms with Gasteiger partial charge in [0, 0.05) is 19.2 Å². The molecule has 2 rings (SSSR count). The van der Waals surface area contributed by atoms with Gasteiger partial charge in [-0.15, -0.1) is 12.4 Å². The first kappa shape index (κ1) is 14.2. The summed E-state index contributed by atoms with van der Waals surface area (Å²) in [6, 6.07) is 3.25. The highest BCUT2D eigenvalue weighted by atomic mass is 35.5. The number of aliphatic hydroxyl groups excluding tert-OH is 1. The van der Waals surface area contributed by atoms with Crippen LogP contribution in [0.15, 0.2) is 12.1 Å². The molecule has 1 unspecified atom stereocenters. The third-order valence-electron chi connectivity index (χ3n) is 2.91. The van der Waals surface area contributed by atoms with Gasteiger partial charge in [-0.25, -0.2) is 4.39 Å². The standard InChI is InChI=1S/C12H16FNO2.ClH/c13-12-6-10(16-2-1-14)5-9-3-8(7-15)4-11(9)12;/h5-6,8,15H,1-4,7,14H2;1H. The zero-order valence-electron chi connectivity index (χ0n) is 9.49. The van der Waals surface area contributed by atoms with E-state index < -0.39 is 0 Å². The van der Waals surface area contributed by atoms with E-state index >= 15 is 0 Å². The van der Waals surface area contributed by atoms with Gasteiger partial charge < -0.3 is 15.6 Å². The first-order valence-electron chi connectivity index (χ1n) is 5.49. The summed E-state index contributed by atoms with van der Waals surface area (Å²) in [4.78, 5) is 0. The molecular weight excluding hydrogens is 245 g/mol. The Labute approximate surface area is 106 Å². The fraction of sp³-hybridized carbons (Fsp3) is 0.500. The smallest absolute Gasteiger partial charge is 0.130 e. The fourth-order valence-corrected chi connectivity index (χ4v) is 2.14. The summed E-state index contributed by atoms with van der Waals surface area (Å²) < 4.78 is 19.0. The molecule has 1 atom stereocenters. The third kappa shape index (κ3) is 3.09. The van der Waals surface area contributed by atoms with Crippen LogP contribution >= 0.6 is 12.4 Å². The lowest BCUT2D eigenvalue weighted by molar-refractivity contribution is 0.232. The van der Waals surface area contributed by atoms with Crippen LogP contribution in [0.5, 0.6) is 5.75 Å². The Bertz CT molecular complexity index is 387. The number of fused-ring (bicyclic) bond motifs is 1. The predicted molar refractivity (Wildman–Crippen MR) is 66.2 cm³/mol. The van der Waals surface area contributed by atoms with Crippen molar-refractivity contribution in [1.29, 1.82) is 0 Å². The number of hydrogen-bond donors (Lipinski definition) is 2. The lowest BCUT2D eigenvalue weighted by atomic mass is 10.1. The molecule has 1 aromatic carbocycles. The number of nitrogens with two attached hydrogens (primary N) is 1. The quantitative estimate of drug-likeness (QED) is 0.859. The minimum absolute atomic E-state index is 0. The van der Waals surface area contributed by atoms with Gasteiger partial charge >= 0.3 is 0 Å². The van der Waals surface area contributed by atoms with Crippen molar-refractivity contribution >= 4 is 12.4 Å². The van der Waals surface area contributed by atoms with E-state index in [1.165, 1.54) is 6.07 Å². The van der Waals surface area contributed by atoms with Crippen molar-refractivity contribution < 1.29 is 14.2 Å². The molecule has 17 heavy (non-hydrogen) atoms. The van der Waals surface area contributed by atoms with Gasteiger partial charge in [-0.1, -0.05) is 0 Å². The predicted octanol–water partition coefficient (Wildman–Crippen LogP) is 1.29. The zero-order chi connectivity index (χ0) is 11.5. The van der Waals surface area contributed by atoms with Gasteiger partial charge in [0.2, 0.25) is 0 Å². The maximum absolute atomic E-state index is 13.7. The molecule has 0 amide bonds. The Morgan fingerprint density at radius 2 is 2.18 bits per heavy atom. The monoisotopic (exact) mass is 261 g/mol. The van der Waals surface area contributed by atoms with Crippen molar-refractivity contribution in [2.75, 3.05) is 19.8 Å².